The molecule has 174 valence electrons. The van der Waals surface area contributed by atoms with Gasteiger partial charge >= 0.3 is 0 Å². The van der Waals surface area contributed by atoms with Gasteiger partial charge in [0.25, 0.3) is 0 Å². The summed E-state index contributed by atoms with van der Waals surface area (Å²) in [5.41, 5.74) is 3.60. The lowest BCUT2D eigenvalue weighted by Gasteiger charge is -2.50. The first-order valence-corrected chi connectivity index (χ1v) is 11.8. The first-order chi connectivity index (χ1) is 16.0. The molecule has 2 aromatic rings. The maximum absolute atomic E-state index is 13.8. The molecule has 0 spiro atoms. The highest BCUT2D eigenvalue weighted by Gasteiger charge is 2.43. The summed E-state index contributed by atoms with van der Waals surface area (Å²) in [6, 6.07) is 16.8. The lowest BCUT2D eigenvalue weighted by atomic mass is 9.82. The zero-order valence-corrected chi connectivity index (χ0v) is 19.4. The minimum Gasteiger partial charge on any atom is -0.497 e. The summed E-state index contributed by atoms with van der Waals surface area (Å²) in [5.74, 6) is 1.04. The van der Waals surface area contributed by atoms with Crippen LogP contribution in [0, 0.1) is 5.92 Å². The van der Waals surface area contributed by atoms with E-state index in [1.165, 1.54) is 16.9 Å². The maximum atomic E-state index is 13.8. The van der Waals surface area contributed by atoms with Gasteiger partial charge in [0, 0.05) is 70.2 Å². The van der Waals surface area contributed by atoms with Crippen LogP contribution < -0.4 is 14.5 Å². The summed E-state index contributed by atoms with van der Waals surface area (Å²) in [7, 11) is 1.70. The molecule has 2 fully saturated rings. The largest absolute Gasteiger partial charge is 0.497 e. The van der Waals surface area contributed by atoms with E-state index in [4.69, 9.17) is 4.74 Å². The maximum Gasteiger partial charge on any atom is 0.228 e. The van der Waals surface area contributed by atoms with Gasteiger partial charge in [-0.25, -0.2) is 0 Å². The summed E-state index contributed by atoms with van der Waals surface area (Å²) in [4.78, 5) is 34.2. The second-order valence-corrected chi connectivity index (χ2v) is 9.18. The fraction of sp³-hybridized carbons (Fsp3) is 0.462. The van der Waals surface area contributed by atoms with Crippen LogP contribution in [0.15, 0.2) is 48.5 Å². The van der Waals surface area contributed by atoms with E-state index in [0.717, 1.165) is 31.8 Å². The Morgan fingerprint density at radius 3 is 2.33 bits per heavy atom. The van der Waals surface area contributed by atoms with Crippen molar-refractivity contribution in [2.24, 2.45) is 5.92 Å². The minimum atomic E-state index is -0.110. The third-order valence-corrected chi connectivity index (χ3v) is 7.40. The summed E-state index contributed by atoms with van der Waals surface area (Å²) in [6.45, 7) is 6.64. The average molecular weight is 449 g/mol. The summed E-state index contributed by atoms with van der Waals surface area (Å²) in [6.07, 6.45) is 0.731. The minimum absolute atomic E-state index is 0.0830. The molecule has 3 aliphatic rings. The number of rotatable bonds is 3. The van der Waals surface area contributed by atoms with Crippen LogP contribution >= 0.6 is 0 Å². The van der Waals surface area contributed by atoms with E-state index in [9.17, 15) is 9.59 Å². The van der Waals surface area contributed by atoms with Gasteiger partial charge in [-0.1, -0.05) is 24.3 Å². The van der Waals surface area contributed by atoms with Crippen molar-refractivity contribution in [3.8, 4) is 5.75 Å². The Labute approximate surface area is 195 Å². The van der Waals surface area contributed by atoms with E-state index in [0.29, 0.717) is 26.2 Å². The predicted octanol–water partition coefficient (Wildman–Crippen LogP) is 2.25. The molecule has 7 heteroatoms. The number of para-hydroxylation sites is 1. The second kappa shape index (κ2) is 8.96. The molecule has 0 bridgehead atoms. The molecule has 0 saturated carbocycles. The van der Waals surface area contributed by atoms with Crippen molar-refractivity contribution in [2.45, 2.75) is 19.4 Å². The van der Waals surface area contributed by atoms with Gasteiger partial charge in [-0.15, -0.1) is 0 Å². The molecule has 5 rings (SSSR count). The molecule has 2 aromatic carbocycles. The molecule has 0 unspecified atom stereocenters. The molecule has 7 nitrogen and oxygen atoms in total. The van der Waals surface area contributed by atoms with Crippen LogP contribution in [0.25, 0.3) is 0 Å². The van der Waals surface area contributed by atoms with Crippen LogP contribution in [0.5, 0.6) is 5.75 Å². The number of nitrogens with zero attached hydrogens (tertiary/aromatic N) is 4. The Morgan fingerprint density at radius 1 is 0.909 bits per heavy atom. The van der Waals surface area contributed by atoms with Crippen molar-refractivity contribution in [3.63, 3.8) is 0 Å². The molecule has 2 atom stereocenters. The predicted molar refractivity (Wildman–Crippen MR) is 129 cm³/mol. The van der Waals surface area contributed by atoms with Crippen LogP contribution in [0.1, 0.15) is 12.5 Å². The number of fused-ring (bicyclic) bond motifs is 3. The van der Waals surface area contributed by atoms with Crippen molar-refractivity contribution < 1.29 is 14.3 Å². The van der Waals surface area contributed by atoms with Gasteiger partial charge in [0.05, 0.1) is 19.1 Å². The molecule has 2 saturated heterocycles. The lowest BCUT2D eigenvalue weighted by Crippen LogP contribution is -2.62. The summed E-state index contributed by atoms with van der Waals surface area (Å²) >= 11 is 0. The van der Waals surface area contributed by atoms with Crippen LogP contribution in [0.3, 0.4) is 0 Å². The number of methoxy groups -OCH3 is 1. The van der Waals surface area contributed by atoms with E-state index in [-0.39, 0.29) is 23.8 Å². The molecule has 0 aliphatic carbocycles. The van der Waals surface area contributed by atoms with Crippen molar-refractivity contribution in [2.75, 3.05) is 62.7 Å². The smallest absolute Gasteiger partial charge is 0.228 e. The molecule has 33 heavy (non-hydrogen) atoms. The van der Waals surface area contributed by atoms with Gasteiger partial charge < -0.3 is 24.3 Å². The quantitative estimate of drug-likeness (QED) is 0.721. The number of hydrogen-bond donors (Lipinski definition) is 0. The number of carbonyl (C=O) groups is 2. The van der Waals surface area contributed by atoms with E-state index in [1.54, 1.807) is 14.0 Å². The normalized spacial score (nSPS) is 22.5. The number of ether oxygens (including phenoxy) is 1. The van der Waals surface area contributed by atoms with Gasteiger partial charge in [0.15, 0.2) is 0 Å². The molecule has 2 amide bonds. The highest BCUT2D eigenvalue weighted by atomic mass is 16.5. The summed E-state index contributed by atoms with van der Waals surface area (Å²) in [5, 5.41) is 0. The number of benzene rings is 2. The zero-order valence-electron chi connectivity index (χ0n) is 19.4. The van der Waals surface area contributed by atoms with E-state index in [2.05, 4.69) is 46.2 Å². The highest BCUT2D eigenvalue weighted by molar-refractivity contribution is 5.83. The Bertz CT molecular complexity index is 1020. The Balaban J connectivity index is 1.43. The lowest BCUT2D eigenvalue weighted by molar-refractivity contribution is -0.142. The Kier molecular flexibility index (Phi) is 5.87. The Morgan fingerprint density at radius 2 is 1.64 bits per heavy atom. The first-order valence-electron chi connectivity index (χ1n) is 11.8. The van der Waals surface area contributed by atoms with Crippen molar-refractivity contribution in [1.82, 2.24) is 9.80 Å². The SMILES string of the molecule is COc1ccc2c(c1)N1CCN(c3ccccc3)C[C@@H]1[C@@H](C(=O)N1CCN(C(C)=O)CC1)C2. The zero-order chi connectivity index (χ0) is 22.9. The topological polar surface area (TPSA) is 56.3 Å². The van der Waals surface area contributed by atoms with Crippen LogP contribution in [0.2, 0.25) is 0 Å². The molecule has 0 radical (unpaired) electrons. The van der Waals surface area contributed by atoms with Gasteiger partial charge in [-0.05, 0) is 30.2 Å². The molecule has 3 aliphatic heterocycles. The monoisotopic (exact) mass is 448 g/mol. The van der Waals surface area contributed by atoms with Crippen molar-refractivity contribution in [1.29, 1.82) is 0 Å². The first kappa shape index (κ1) is 21.6. The second-order valence-electron chi connectivity index (χ2n) is 9.18. The molecular formula is C26H32N4O3. The molecular weight excluding hydrogens is 416 g/mol. The van der Waals surface area contributed by atoms with E-state index >= 15 is 0 Å². The fourth-order valence-corrected chi connectivity index (χ4v) is 5.54. The number of hydrogen-bond acceptors (Lipinski definition) is 5. The molecule has 3 heterocycles. The van der Waals surface area contributed by atoms with Crippen molar-refractivity contribution >= 4 is 23.2 Å². The standard InChI is InChI=1S/C26H32N4O3/c1-19(31)27-10-12-28(13-11-27)26(32)23-16-20-8-9-22(33-2)17-24(20)30-15-14-29(18-25(23)30)21-6-4-3-5-7-21/h3-9,17,23,25H,10-16,18H2,1-2H3/t23-,25+/m0/s1. The van der Waals surface area contributed by atoms with Gasteiger partial charge in [-0.3, -0.25) is 9.59 Å². The van der Waals surface area contributed by atoms with Gasteiger partial charge in [0.2, 0.25) is 11.8 Å². The average Bonchev–Trinajstić information content (AvgIpc) is 2.87. The van der Waals surface area contributed by atoms with Crippen LogP contribution in [-0.4, -0.2) is 80.6 Å². The van der Waals surface area contributed by atoms with E-state index < -0.39 is 0 Å². The van der Waals surface area contributed by atoms with E-state index in [1.807, 2.05) is 21.9 Å². The number of amides is 2. The Hall–Kier alpha value is -3.22. The number of carbonyl (C=O) groups excluding carboxylic acids is 2. The molecule has 0 N–H and O–H groups in total. The van der Waals surface area contributed by atoms with Crippen molar-refractivity contribution in [3.05, 3.63) is 54.1 Å². The molecule has 0 aromatic heterocycles. The van der Waals surface area contributed by atoms with Crippen LogP contribution in [0.4, 0.5) is 11.4 Å². The third kappa shape index (κ3) is 4.12. The number of anilines is 2. The van der Waals surface area contributed by atoms with Crippen LogP contribution in [-0.2, 0) is 16.0 Å². The number of piperazine rings is 2. The third-order valence-electron chi connectivity index (χ3n) is 7.40. The van der Waals surface area contributed by atoms with Gasteiger partial charge in [-0.2, -0.15) is 0 Å². The van der Waals surface area contributed by atoms with Gasteiger partial charge in [0.1, 0.15) is 5.75 Å². The fourth-order valence-electron chi connectivity index (χ4n) is 5.54. The summed E-state index contributed by atoms with van der Waals surface area (Å²) < 4.78 is 5.50. The highest BCUT2D eigenvalue weighted by Crippen LogP contribution is 2.39.